The van der Waals surface area contributed by atoms with Crippen molar-refractivity contribution < 1.29 is 13.9 Å². The Morgan fingerprint density at radius 3 is 2.62 bits per heavy atom. The van der Waals surface area contributed by atoms with Gasteiger partial charge >= 0.3 is 5.63 Å². The highest BCUT2D eigenvalue weighted by molar-refractivity contribution is 5.83. The van der Waals surface area contributed by atoms with E-state index in [1.165, 1.54) is 6.07 Å². The summed E-state index contributed by atoms with van der Waals surface area (Å²) in [6.45, 7) is 2.15. The summed E-state index contributed by atoms with van der Waals surface area (Å²) in [5.74, 6) is 7.22. The fraction of sp³-hybridized carbons (Fsp3) is 0.150. The number of hydrogen-bond acceptors (Lipinski definition) is 4. The van der Waals surface area contributed by atoms with Gasteiger partial charge in [-0.2, -0.15) is 0 Å². The van der Waals surface area contributed by atoms with Crippen LogP contribution in [0.4, 0.5) is 0 Å². The van der Waals surface area contributed by atoms with Gasteiger partial charge < -0.3 is 13.9 Å². The van der Waals surface area contributed by atoms with Crippen LogP contribution in [-0.2, 0) is 0 Å². The summed E-state index contributed by atoms with van der Waals surface area (Å²) in [5, 5.41) is 0.765. The summed E-state index contributed by atoms with van der Waals surface area (Å²) in [6, 6.07) is 14.4. The van der Waals surface area contributed by atoms with Gasteiger partial charge in [-0.15, -0.1) is 0 Å². The molecule has 0 radical (unpaired) electrons. The Balaban J connectivity index is 1.77. The molecule has 3 aromatic rings. The topological polar surface area (TPSA) is 48.7 Å². The van der Waals surface area contributed by atoms with Crippen LogP contribution in [-0.4, -0.2) is 13.7 Å². The van der Waals surface area contributed by atoms with E-state index in [1.807, 2.05) is 43.3 Å². The largest absolute Gasteiger partial charge is 0.497 e. The Hall–Kier alpha value is -3.19. The molecule has 1 heterocycles. The second-order valence-electron chi connectivity index (χ2n) is 5.25. The van der Waals surface area contributed by atoms with Crippen molar-refractivity contribution in [2.75, 3.05) is 13.7 Å². The molecule has 0 aliphatic heterocycles. The molecule has 3 rings (SSSR count). The fourth-order valence-electron chi connectivity index (χ4n) is 2.29. The first-order chi connectivity index (χ1) is 11.7. The van der Waals surface area contributed by atoms with Crippen molar-refractivity contribution in [2.45, 2.75) is 6.92 Å². The zero-order valence-corrected chi connectivity index (χ0v) is 13.5. The highest BCUT2D eigenvalue weighted by Crippen LogP contribution is 2.24. The molecule has 0 unspecified atom stereocenters. The van der Waals surface area contributed by atoms with E-state index in [9.17, 15) is 4.79 Å². The SMILES string of the molecule is COc1ccc(C#CCOc2cc(=O)oc3ccc(C)cc23)cc1. The molecule has 0 bridgehead atoms. The maximum absolute atomic E-state index is 11.6. The highest BCUT2D eigenvalue weighted by Gasteiger charge is 2.06. The van der Waals surface area contributed by atoms with Crippen molar-refractivity contribution in [3.63, 3.8) is 0 Å². The summed E-state index contributed by atoms with van der Waals surface area (Å²) in [7, 11) is 1.62. The average Bonchev–Trinajstić information content (AvgIpc) is 2.59. The predicted octanol–water partition coefficient (Wildman–Crippen LogP) is 3.54. The number of methoxy groups -OCH3 is 1. The third-order valence-corrected chi connectivity index (χ3v) is 3.48. The fourth-order valence-corrected chi connectivity index (χ4v) is 2.29. The average molecular weight is 320 g/mol. The summed E-state index contributed by atoms with van der Waals surface area (Å²) in [4.78, 5) is 11.6. The van der Waals surface area contributed by atoms with Crippen LogP contribution in [0.5, 0.6) is 11.5 Å². The molecular formula is C20H16O4. The van der Waals surface area contributed by atoms with E-state index in [0.717, 1.165) is 22.3 Å². The molecule has 0 aliphatic carbocycles. The molecule has 0 aliphatic rings. The number of rotatable bonds is 3. The first-order valence-corrected chi connectivity index (χ1v) is 7.46. The zero-order chi connectivity index (χ0) is 16.9. The van der Waals surface area contributed by atoms with Gasteiger partial charge in [0.25, 0.3) is 0 Å². The minimum absolute atomic E-state index is 0.179. The molecule has 0 spiro atoms. The first kappa shape index (κ1) is 15.7. The van der Waals surface area contributed by atoms with Crippen LogP contribution in [0, 0.1) is 18.8 Å². The van der Waals surface area contributed by atoms with Crippen molar-refractivity contribution in [3.05, 3.63) is 70.1 Å². The Labute approximate surface area is 139 Å². The molecule has 4 nitrogen and oxygen atoms in total. The van der Waals surface area contributed by atoms with Gasteiger partial charge in [0, 0.05) is 5.56 Å². The third kappa shape index (κ3) is 3.58. The van der Waals surface area contributed by atoms with E-state index in [2.05, 4.69) is 11.8 Å². The standard InChI is InChI=1S/C20H16O4/c1-14-5-10-18-17(12-14)19(13-20(21)24-18)23-11-3-4-15-6-8-16(22-2)9-7-15/h5-10,12-13H,11H2,1-2H3. The summed E-state index contributed by atoms with van der Waals surface area (Å²) in [6.07, 6.45) is 0. The summed E-state index contributed by atoms with van der Waals surface area (Å²) < 4.78 is 15.9. The number of aryl methyl sites for hydroxylation is 1. The van der Waals surface area contributed by atoms with Crippen LogP contribution < -0.4 is 15.1 Å². The van der Waals surface area contributed by atoms with Crippen molar-refractivity contribution in [1.29, 1.82) is 0 Å². The molecule has 1 aromatic heterocycles. The summed E-state index contributed by atoms with van der Waals surface area (Å²) >= 11 is 0. The van der Waals surface area contributed by atoms with Gasteiger partial charge in [-0.25, -0.2) is 4.79 Å². The lowest BCUT2D eigenvalue weighted by Crippen LogP contribution is -2.02. The van der Waals surface area contributed by atoms with Crippen LogP contribution in [0.25, 0.3) is 11.0 Å². The van der Waals surface area contributed by atoms with E-state index in [0.29, 0.717) is 11.3 Å². The zero-order valence-electron chi connectivity index (χ0n) is 13.5. The maximum Gasteiger partial charge on any atom is 0.339 e. The van der Waals surface area contributed by atoms with Gasteiger partial charge in [0.05, 0.1) is 18.6 Å². The van der Waals surface area contributed by atoms with Gasteiger partial charge in [-0.05, 0) is 43.3 Å². The Morgan fingerprint density at radius 2 is 1.88 bits per heavy atom. The summed E-state index contributed by atoms with van der Waals surface area (Å²) in [5.41, 5.74) is 1.99. The van der Waals surface area contributed by atoms with Crippen LogP contribution in [0.1, 0.15) is 11.1 Å². The normalized spacial score (nSPS) is 10.1. The van der Waals surface area contributed by atoms with Crippen LogP contribution in [0.15, 0.2) is 57.7 Å². The molecule has 0 saturated heterocycles. The van der Waals surface area contributed by atoms with E-state index in [4.69, 9.17) is 13.9 Å². The monoisotopic (exact) mass is 320 g/mol. The predicted molar refractivity (Wildman–Crippen MR) is 92.6 cm³/mol. The van der Waals surface area contributed by atoms with Crippen LogP contribution in [0.2, 0.25) is 0 Å². The minimum atomic E-state index is -0.440. The van der Waals surface area contributed by atoms with Crippen molar-refractivity contribution >= 4 is 11.0 Å². The van der Waals surface area contributed by atoms with Gasteiger partial charge in [-0.3, -0.25) is 0 Å². The maximum atomic E-state index is 11.6. The minimum Gasteiger partial charge on any atom is -0.497 e. The van der Waals surface area contributed by atoms with E-state index in [-0.39, 0.29) is 6.61 Å². The Morgan fingerprint density at radius 1 is 1.08 bits per heavy atom. The molecule has 0 atom stereocenters. The number of benzene rings is 2. The van der Waals surface area contributed by atoms with Crippen molar-refractivity contribution in [3.8, 4) is 23.3 Å². The second-order valence-corrected chi connectivity index (χ2v) is 5.25. The molecule has 0 amide bonds. The van der Waals surface area contributed by atoms with Gasteiger partial charge in [0.1, 0.15) is 23.7 Å². The number of ether oxygens (including phenoxy) is 2. The lowest BCUT2D eigenvalue weighted by atomic mass is 10.1. The molecule has 24 heavy (non-hydrogen) atoms. The lowest BCUT2D eigenvalue weighted by molar-refractivity contribution is 0.370. The van der Waals surface area contributed by atoms with Gasteiger partial charge in [0.15, 0.2) is 0 Å². The number of hydrogen-bond donors (Lipinski definition) is 0. The lowest BCUT2D eigenvalue weighted by Gasteiger charge is -2.06. The van der Waals surface area contributed by atoms with Crippen LogP contribution in [0.3, 0.4) is 0 Å². The number of fused-ring (bicyclic) bond motifs is 1. The molecule has 120 valence electrons. The molecule has 0 fully saturated rings. The van der Waals surface area contributed by atoms with E-state index < -0.39 is 5.63 Å². The van der Waals surface area contributed by atoms with Gasteiger partial charge in [0.2, 0.25) is 0 Å². The molecular weight excluding hydrogens is 304 g/mol. The smallest absolute Gasteiger partial charge is 0.339 e. The highest BCUT2D eigenvalue weighted by atomic mass is 16.5. The molecule has 0 saturated carbocycles. The third-order valence-electron chi connectivity index (χ3n) is 3.48. The second kappa shape index (κ2) is 6.93. The molecule has 4 heteroatoms. The van der Waals surface area contributed by atoms with E-state index in [1.54, 1.807) is 13.2 Å². The van der Waals surface area contributed by atoms with E-state index >= 15 is 0 Å². The van der Waals surface area contributed by atoms with Crippen LogP contribution >= 0.6 is 0 Å². The van der Waals surface area contributed by atoms with Crippen molar-refractivity contribution in [2.24, 2.45) is 0 Å². The molecule has 0 N–H and O–H groups in total. The van der Waals surface area contributed by atoms with Crippen molar-refractivity contribution in [1.82, 2.24) is 0 Å². The molecule has 2 aromatic carbocycles. The Kier molecular flexibility index (Phi) is 4.53. The van der Waals surface area contributed by atoms with Gasteiger partial charge in [-0.1, -0.05) is 23.5 Å². The Bertz CT molecular complexity index is 972. The quantitative estimate of drug-likeness (QED) is 0.547. The first-order valence-electron chi connectivity index (χ1n) is 7.46.